The van der Waals surface area contributed by atoms with Gasteiger partial charge < -0.3 is 5.32 Å². The SMILES string of the molecule is Cc1ccc(NC(=O)CSc2ccc(NS(=O)(=O)c3cccs3)cc2)cc1C. The average Bonchev–Trinajstić information content (AvgIpc) is 3.20. The average molecular weight is 433 g/mol. The lowest BCUT2D eigenvalue weighted by Gasteiger charge is -2.09. The Morgan fingerprint density at radius 3 is 2.36 bits per heavy atom. The van der Waals surface area contributed by atoms with Crippen LogP contribution in [-0.2, 0) is 14.8 Å². The fourth-order valence-corrected chi connectivity index (χ4v) is 5.16. The van der Waals surface area contributed by atoms with E-state index in [-0.39, 0.29) is 15.9 Å². The fourth-order valence-electron chi connectivity index (χ4n) is 2.41. The third-order valence-corrected chi connectivity index (χ3v) is 7.82. The van der Waals surface area contributed by atoms with Crippen LogP contribution in [0.2, 0.25) is 0 Å². The minimum absolute atomic E-state index is 0.0873. The first kappa shape index (κ1) is 20.4. The van der Waals surface area contributed by atoms with Gasteiger partial charge in [0.15, 0.2) is 0 Å². The van der Waals surface area contributed by atoms with Gasteiger partial charge in [-0.1, -0.05) is 12.1 Å². The second-order valence-corrected chi connectivity index (χ2v) is 10.1. The van der Waals surface area contributed by atoms with Gasteiger partial charge >= 0.3 is 0 Å². The van der Waals surface area contributed by atoms with Crippen LogP contribution >= 0.6 is 23.1 Å². The number of benzene rings is 2. The first-order valence-corrected chi connectivity index (χ1v) is 11.8. The Labute approximate surface area is 173 Å². The maximum atomic E-state index is 12.2. The number of amides is 1. The topological polar surface area (TPSA) is 75.3 Å². The smallest absolute Gasteiger partial charge is 0.271 e. The van der Waals surface area contributed by atoms with Gasteiger partial charge in [-0.15, -0.1) is 23.1 Å². The Morgan fingerprint density at radius 2 is 1.71 bits per heavy atom. The molecule has 1 aromatic heterocycles. The summed E-state index contributed by atoms with van der Waals surface area (Å²) in [7, 11) is -3.55. The fraction of sp³-hybridized carbons (Fsp3) is 0.150. The van der Waals surface area contributed by atoms with E-state index in [0.717, 1.165) is 16.1 Å². The molecule has 0 bridgehead atoms. The molecule has 0 saturated carbocycles. The molecule has 0 spiro atoms. The van der Waals surface area contributed by atoms with Gasteiger partial charge in [-0.3, -0.25) is 9.52 Å². The summed E-state index contributed by atoms with van der Waals surface area (Å²) >= 11 is 2.56. The Bertz CT molecular complexity index is 1060. The lowest BCUT2D eigenvalue weighted by molar-refractivity contribution is -0.113. The molecular weight excluding hydrogens is 412 g/mol. The van der Waals surface area contributed by atoms with E-state index in [1.807, 2.05) is 32.0 Å². The third-order valence-electron chi connectivity index (χ3n) is 4.03. The first-order valence-electron chi connectivity index (χ1n) is 8.50. The van der Waals surface area contributed by atoms with Gasteiger partial charge in [0.25, 0.3) is 10.0 Å². The highest BCUT2D eigenvalue weighted by Gasteiger charge is 2.15. The van der Waals surface area contributed by atoms with E-state index in [4.69, 9.17) is 0 Å². The van der Waals surface area contributed by atoms with Gasteiger partial charge in [0.05, 0.1) is 5.75 Å². The van der Waals surface area contributed by atoms with Gasteiger partial charge in [-0.2, -0.15) is 0 Å². The summed E-state index contributed by atoms with van der Waals surface area (Å²) in [6.45, 7) is 4.04. The molecule has 0 aliphatic rings. The summed E-state index contributed by atoms with van der Waals surface area (Å²) in [5.74, 6) is 0.184. The summed E-state index contributed by atoms with van der Waals surface area (Å²) in [4.78, 5) is 13.0. The first-order chi connectivity index (χ1) is 13.3. The molecule has 2 aromatic carbocycles. The largest absolute Gasteiger partial charge is 0.325 e. The maximum Gasteiger partial charge on any atom is 0.271 e. The molecule has 3 aromatic rings. The highest BCUT2D eigenvalue weighted by molar-refractivity contribution is 8.00. The Hall–Kier alpha value is -2.29. The van der Waals surface area contributed by atoms with Crippen molar-refractivity contribution in [2.24, 2.45) is 0 Å². The van der Waals surface area contributed by atoms with E-state index >= 15 is 0 Å². The molecule has 0 aliphatic heterocycles. The van der Waals surface area contributed by atoms with E-state index in [1.165, 1.54) is 28.7 Å². The number of carbonyl (C=O) groups excluding carboxylic acids is 1. The maximum absolute atomic E-state index is 12.2. The molecule has 28 heavy (non-hydrogen) atoms. The predicted octanol–water partition coefficient (Wildman–Crippen LogP) is 4.90. The molecule has 0 radical (unpaired) electrons. The Morgan fingerprint density at radius 1 is 1.00 bits per heavy atom. The summed E-state index contributed by atoms with van der Waals surface area (Å²) in [5.41, 5.74) is 3.58. The van der Waals surface area contributed by atoms with Crippen molar-refractivity contribution < 1.29 is 13.2 Å². The molecule has 0 saturated heterocycles. The number of carbonyl (C=O) groups is 1. The highest BCUT2D eigenvalue weighted by atomic mass is 32.2. The van der Waals surface area contributed by atoms with Gasteiger partial charge in [0, 0.05) is 16.3 Å². The molecule has 8 heteroatoms. The molecule has 3 rings (SSSR count). The molecule has 0 unspecified atom stereocenters. The number of hydrogen-bond donors (Lipinski definition) is 2. The van der Waals surface area contributed by atoms with Crippen LogP contribution in [0.15, 0.2) is 69.1 Å². The molecule has 0 atom stereocenters. The Balaban J connectivity index is 1.54. The second kappa shape index (κ2) is 8.81. The minimum Gasteiger partial charge on any atom is -0.325 e. The van der Waals surface area contributed by atoms with Crippen molar-refractivity contribution >= 4 is 50.4 Å². The predicted molar refractivity (Wildman–Crippen MR) is 117 cm³/mol. The van der Waals surface area contributed by atoms with Gasteiger partial charge in [0.1, 0.15) is 4.21 Å². The van der Waals surface area contributed by atoms with Crippen molar-refractivity contribution in [3.05, 3.63) is 71.1 Å². The third kappa shape index (κ3) is 5.37. The number of aryl methyl sites for hydroxylation is 2. The Kier molecular flexibility index (Phi) is 6.43. The quantitative estimate of drug-likeness (QED) is 0.521. The monoisotopic (exact) mass is 432 g/mol. The van der Waals surface area contributed by atoms with E-state index < -0.39 is 10.0 Å². The van der Waals surface area contributed by atoms with E-state index in [1.54, 1.807) is 41.8 Å². The van der Waals surface area contributed by atoms with Crippen LogP contribution in [0.5, 0.6) is 0 Å². The number of hydrogen-bond acceptors (Lipinski definition) is 5. The van der Waals surface area contributed by atoms with Gasteiger partial charge in [-0.05, 0) is 72.8 Å². The van der Waals surface area contributed by atoms with Crippen molar-refractivity contribution in [2.45, 2.75) is 23.0 Å². The van der Waals surface area contributed by atoms with Crippen molar-refractivity contribution in [3.63, 3.8) is 0 Å². The molecule has 1 amide bonds. The number of nitrogens with one attached hydrogen (secondary N) is 2. The zero-order valence-electron chi connectivity index (χ0n) is 15.4. The van der Waals surface area contributed by atoms with Crippen LogP contribution in [0, 0.1) is 13.8 Å². The lowest BCUT2D eigenvalue weighted by atomic mass is 10.1. The molecule has 146 valence electrons. The van der Waals surface area contributed by atoms with Crippen molar-refractivity contribution in [1.29, 1.82) is 0 Å². The summed E-state index contributed by atoms with van der Waals surface area (Å²) in [6, 6.07) is 16.0. The number of sulfonamides is 1. The molecule has 1 heterocycles. The number of thiophene rings is 1. The number of rotatable bonds is 7. The number of anilines is 2. The van der Waals surface area contributed by atoms with E-state index in [9.17, 15) is 13.2 Å². The van der Waals surface area contributed by atoms with Crippen molar-refractivity contribution in [2.75, 3.05) is 15.8 Å². The number of thioether (sulfide) groups is 1. The van der Waals surface area contributed by atoms with E-state index in [2.05, 4.69) is 10.0 Å². The van der Waals surface area contributed by atoms with E-state index in [0.29, 0.717) is 5.69 Å². The van der Waals surface area contributed by atoms with Crippen molar-refractivity contribution in [3.8, 4) is 0 Å². The molecule has 0 aliphatic carbocycles. The summed E-state index contributed by atoms with van der Waals surface area (Å²) < 4.78 is 27.3. The van der Waals surface area contributed by atoms with Crippen molar-refractivity contribution in [1.82, 2.24) is 0 Å². The van der Waals surface area contributed by atoms with Crippen LogP contribution in [0.4, 0.5) is 11.4 Å². The van der Waals surface area contributed by atoms with Crippen LogP contribution in [0.1, 0.15) is 11.1 Å². The molecule has 2 N–H and O–H groups in total. The zero-order chi connectivity index (χ0) is 20.1. The highest BCUT2D eigenvalue weighted by Crippen LogP contribution is 2.24. The summed E-state index contributed by atoms with van der Waals surface area (Å²) in [6.07, 6.45) is 0. The second-order valence-electron chi connectivity index (χ2n) is 6.20. The summed E-state index contributed by atoms with van der Waals surface area (Å²) in [5, 5.41) is 4.61. The molecular formula is C20H20N2O3S3. The molecule has 0 fully saturated rings. The normalized spacial score (nSPS) is 11.2. The van der Waals surface area contributed by atoms with Crippen LogP contribution < -0.4 is 10.0 Å². The van der Waals surface area contributed by atoms with Gasteiger partial charge in [0.2, 0.25) is 5.91 Å². The van der Waals surface area contributed by atoms with Gasteiger partial charge in [-0.25, -0.2) is 8.42 Å². The van der Waals surface area contributed by atoms with Crippen LogP contribution in [-0.4, -0.2) is 20.1 Å². The molecule has 5 nitrogen and oxygen atoms in total. The van der Waals surface area contributed by atoms with Crippen LogP contribution in [0.25, 0.3) is 0 Å². The van der Waals surface area contributed by atoms with Crippen LogP contribution in [0.3, 0.4) is 0 Å². The standard InChI is InChI=1S/C20H20N2O3S3/c1-14-5-6-17(12-15(14)2)21-19(23)13-27-18-9-7-16(8-10-18)22-28(24,25)20-4-3-11-26-20/h3-12,22H,13H2,1-2H3,(H,21,23). The minimum atomic E-state index is -3.55. The zero-order valence-corrected chi connectivity index (χ0v) is 17.9. The lowest BCUT2D eigenvalue weighted by Crippen LogP contribution is -2.14.